The molecule has 0 amide bonds. The molecule has 4 aromatic rings. The monoisotopic (exact) mass is 418 g/mol. The molecule has 5 rings (SSSR count). The number of hydrogen-bond donors (Lipinski definition) is 2. The van der Waals surface area contributed by atoms with E-state index in [9.17, 15) is 0 Å². The van der Waals surface area contributed by atoms with E-state index in [0.717, 1.165) is 39.7 Å². The van der Waals surface area contributed by atoms with Gasteiger partial charge >= 0.3 is 0 Å². The van der Waals surface area contributed by atoms with Crippen LogP contribution in [0.15, 0.2) is 66.7 Å². The van der Waals surface area contributed by atoms with Gasteiger partial charge in [0.05, 0.1) is 20.3 Å². The van der Waals surface area contributed by atoms with Crippen molar-refractivity contribution in [3.05, 3.63) is 94.1 Å². The lowest BCUT2D eigenvalue weighted by atomic mass is 9.83. The molecule has 0 saturated carbocycles. The Morgan fingerprint density at radius 3 is 2.47 bits per heavy atom. The zero-order valence-electron chi connectivity index (χ0n) is 16.9. The summed E-state index contributed by atoms with van der Waals surface area (Å²) in [5, 5.41) is 5.77. The first-order valence-electron chi connectivity index (χ1n) is 10.0. The molecule has 152 valence electrons. The zero-order valence-corrected chi connectivity index (χ0v) is 17.7. The molecule has 0 radical (unpaired) electrons. The van der Waals surface area contributed by atoms with Gasteiger partial charge in [-0.3, -0.25) is 0 Å². The molecule has 0 aliphatic carbocycles. The molecule has 4 nitrogen and oxygen atoms in total. The normalized spacial score (nSPS) is 18.2. The van der Waals surface area contributed by atoms with Gasteiger partial charge in [-0.2, -0.15) is 0 Å². The van der Waals surface area contributed by atoms with Crippen molar-refractivity contribution in [2.24, 2.45) is 0 Å². The van der Waals surface area contributed by atoms with Gasteiger partial charge in [0.2, 0.25) is 0 Å². The Labute approximate surface area is 180 Å². The van der Waals surface area contributed by atoms with Gasteiger partial charge in [-0.25, -0.2) is 0 Å². The number of rotatable bonds is 4. The minimum absolute atomic E-state index is 0.0194. The Hall–Kier alpha value is -2.95. The second-order valence-corrected chi connectivity index (χ2v) is 7.93. The van der Waals surface area contributed by atoms with Crippen LogP contribution < -0.4 is 14.8 Å². The number of para-hydroxylation sites is 1. The highest BCUT2D eigenvalue weighted by atomic mass is 35.5. The van der Waals surface area contributed by atoms with Crippen LogP contribution in [0.4, 0.5) is 0 Å². The number of methoxy groups -OCH3 is 2. The first-order chi connectivity index (χ1) is 14.7. The standard InChI is InChI=1S/C25H23ClN2O2/c1-29-21-12-11-15(13-22(21)30-2)24-25-23(17-8-4-6-10-20(17)28-25)18(14-27-24)16-7-3-5-9-19(16)26/h3-13,18,24,27-28H,14H2,1-2H3/t18-,24-/m1/s1. The van der Waals surface area contributed by atoms with E-state index in [4.69, 9.17) is 21.1 Å². The van der Waals surface area contributed by atoms with Crippen LogP contribution in [0.2, 0.25) is 5.02 Å². The highest BCUT2D eigenvalue weighted by molar-refractivity contribution is 6.31. The average Bonchev–Trinajstić information content (AvgIpc) is 3.18. The lowest BCUT2D eigenvalue weighted by molar-refractivity contribution is 0.354. The van der Waals surface area contributed by atoms with Crippen LogP contribution in [-0.2, 0) is 0 Å². The fourth-order valence-electron chi connectivity index (χ4n) is 4.57. The van der Waals surface area contributed by atoms with Crippen LogP contribution in [0.25, 0.3) is 10.9 Å². The molecule has 30 heavy (non-hydrogen) atoms. The molecule has 0 bridgehead atoms. The number of hydrogen-bond acceptors (Lipinski definition) is 3. The summed E-state index contributed by atoms with van der Waals surface area (Å²) >= 11 is 6.60. The van der Waals surface area contributed by atoms with Crippen molar-refractivity contribution >= 4 is 22.5 Å². The first-order valence-corrected chi connectivity index (χ1v) is 10.4. The lowest BCUT2D eigenvalue weighted by Gasteiger charge is -2.32. The van der Waals surface area contributed by atoms with Crippen molar-refractivity contribution in [3.63, 3.8) is 0 Å². The number of aromatic nitrogens is 1. The molecule has 1 aliphatic rings. The fraction of sp³-hybridized carbons (Fsp3) is 0.200. The maximum atomic E-state index is 6.60. The van der Waals surface area contributed by atoms with Crippen molar-refractivity contribution in [3.8, 4) is 11.5 Å². The van der Waals surface area contributed by atoms with Gasteiger partial charge < -0.3 is 19.8 Å². The van der Waals surface area contributed by atoms with Gasteiger partial charge in [0.15, 0.2) is 11.5 Å². The number of H-pyrrole nitrogens is 1. The van der Waals surface area contributed by atoms with Crippen molar-refractivity contribution in [1.82, 2.24) is 10.3 Å². The molecule has 1 aromatic heterocycles. The molecule has 2 heterocycles. The van der Waals surface area contributed by atoms with Crippen LogP contribution in [0.5, 0.6) is 11.5 Å². The third kappa shape index (κ3) is 3.04. The molecule has 0 saturated heterocycles. The summed E-state index contributed by atoms with van der Waals surface area (Å²) in [6, 6.07) is 22.7. The predicted molar refractivity (Wildman–Crippen MR) is 121 cm³/mol. The minimum Gasteiger partial charge on any atom is -0.493 e. The average molecular weight is 419 g/mol. The van der Waals surface area contributed by atoms with Gasteiger partial charge in [0, 0.05) is 34.1 Å². The molecule has 0 fully saturated rings. The van der Waals surface area contributed by atoms with Crippen LogP contribution in [0.1, 0.15) is 34.3 Å². The molecule has 2 N–H and O–H groups in total. The maximum Gasteiger partial charge on any atom is 0.161 e. The summed E-state index contributed by atoms with van der Waals surface area (Å²) in [6.07, 6.45) is 0. The Morgan fingerprint density at radius 1 is 0.900 bits per heavy atom. The Balaban J connectivity index is 1.68. The maximum absolute atomic E-state index is 6.60. The van der Waals surface area contributed by atoms with Gasteiger partial charge in [0.25, 0.3) is 0 Å². The number of ether oxygens (including phenoxy) is 2. The Morgan fingerprint density at radius 2 is 1.67 bits per heavy atom. The summed E-state index contributed by atoms with van der Waals surface area (Å²) in [4.78, 5) is 3.67. The third-order valence-electron chi connectivity index (χ3n) is 5.96. The van der Waals surface area contributed by atoms with E-state index in [2.05, 4.69) is 52.8 Å². The summed E-state index contributed by atoms with van der Waals surface area (Å²) < 4.78 is 11.0. The first kappa shape index (κ1) is 19.0. The second-order valence-electron chi connectivity index (χ2n) is 7.53. The SMILES string of the molecule is COc1ccc([C@H]2NC[C@H](c3ccccc3Cl)c3c2[nH]c2ccccc32)cc1OC. The van der Waals surface area contributed by atoms with Crippen LogP contribution >= 0.6 is 11.6 Å². The van der Waals surface area contributed by atoms with E-state index in [1.54, 1.807) is 14.2 Å². The highest BCUT2D eigenvalue weighted by Crippen LogP contribution is 2.44. The van der Waals surface area contributed by atoms with E-state index in [1.807, 2.05) is 24.3 Å². The Kier molecular flexibility index (Phi) is 4.89. The number of fused-ring (bicyclic) bond motifs is 3. The summed E-state index contributed by atoms with van der Waals surface area (Å²) in [6.45, 7) is 0.789. The van der Waals surface area contributed by atoms with E-state index in [0.29, 0.717) is 0 Å². The molecule has 2 atom stereocenters. The minimum atomic E-state index is 0.0194. The number of nitrogens with one attached hydrogen (secondary N) is 2. The van der Waals surface area contributed by atoms with Crippen LogP contribution in [0, 0.1) is 0 Å². The van der Waals surface area contributed by atoms with Gasteiger partial charge in [0.1, 0.15) is 0 Å². The quantitative estimate of drug-likeness (QED) is 0.449. The number of aromatic amines is 1. The molecule has 5 heteroatoms. The van der Waals surface area contributed by atoms with Gasteiger partial charge in [-0.05, 0) is 41.0 Å². The van der Waals surface area contributed by atoms with E-state index in [-0.39, 0.29) is 12.0 Å². The van der Waals surface area contributed by atoms with E-state index >= 15 is 0 Å². The van der Waals surface area contributed by atoms with Crippen molar-refractivity contribution < 1.29 is 9.47 Å². The predicted octanol–water partition coefficient (Wildman–Crippen LogP) is 5.66. The smallest absolute Gasteiger partial charge is 0.161 e. The largest absolute Gasteiger partial charge is 0.493 e. The van der Waals surface area contributed by atoms with Crippen molar-refractivity contribution in [2.75, 3.05) is 20.8 Å². The molecule has 0 unspecified atom stereocenters. The molecule has 3 aromatic carbocycles. The number of halogens is 1. The highest BCUT2D eigenvalue weighted by Gasteiger charge is 2.33. The lowest BCUT2D eigenvalue weighted by Crippen LogP contribution is -2.34. The van der Waals surface area contributed by atoms with Crippen LogP contribution in [0.3, 0.4) is 0 Å². The van der Waals surface area contributed by atoms with Crippen molar-refractivity contribution in [1.29, 1.82) is 0 Å². The fourth-order valence-corrected chi connectivity index (χ4v) is 4.83. The Bertz CT molecular complexity index is 1220. The summed E-state index contributed by atoms with van der Waals surface area (Å²) in [5.74, 6) is 1.62. The zero-order chi connectivity index (χ0) is 20.7. The topological polar surface area (TPSA) is 46.3 Å². The van der Waals surface area contributed by atoms with E-state index < -0.39 is 0 Å². The summed E-state index contributed by atoms with van der Waals surface area (Å²) in [7, 11) is 3.32. The molecular formula is C25H23ClN2O2. The number of benzene rings is 3. The second kappa shape index (κ2) is 7.71. The van der Waals surface area contributed by atoms with Gasteiger partial charge in [-0.1, -0.05) is 54.1 Å². The van der Waals surface area contributed by atoms with Crippen LogP contribution in [-0.4, -0.2) is 25.7 Å². The van der Waals surface area contributed by atoms with E-state index in [1.165, 1.54) is 16.6 Å². The third-order valence-corrected chi connectivity index (χ3v) is 6.31. The van der Waals surface area contributed by atoms with Gasteiger partial charge in [-0.15, -0.1) is 0 Å². The molecular weight excluding hydrogens is 396 g/mol. The summed E-state index contributed by atoms with van der Waals surface area (Å²) in [5.41, 5.74) is 5.87. The molecule has 1 aliphatic heterocycles. The molecule has 0 spiro atoms. The van der Waals surface area contributed by atoms with Crippen molar-refractivity contribution in [2.45, 2.75) is 12.0 Å².